The summed E-state index contributed by atoms with van der Waals surface area (Å²) in [6.07, 6.45) is 5.62. The van der Waals surface area contributed by atoms with E-state index in [0.29, 0.717) is 48.2 Å². The molecule has 1 saturated carbocycles. The molecule has 4 rings (SSSR count). The number of imidazole rings is 1. The summed E-state index contributed by atoms with van der Waals surface area (Å²) in [6.45, 7) is 0. The third kappa shape index (κ3) is 2.76. The Morgan fingerprint density at radius 1 is 1.31 bits per heavy atom. The Morgan fingerprint density at radius 3 is 2.73 bits per heavy atom. The number of nitrogens with two attached hydrogens (primary N) is 1. The SMILES string of the molecule is N=C(N)c1nc(-c2cccnc2)nc2c1[nH]c(=O)n2C1CCC(O)CC1. The number of amidine groups is 1. The predicted molar refractivity (Wildman–Crippen MR) is 95.9 cm³/mol. The standard InChI is InChI=1S/C17H19N7O2/c18-14(19)12-13-16(23-15(21-12)9-2-1-7-20-8-9)24(17(26)22-13)10-3-5-11(25)6-4-10/h1-2,7-8,10-11,25H,3-6H2,(H3,18,19)(H,22,26). The first-order valence-electron chi connectivity index (χ1n) is 8.49. The van der Waals surface area contributed by atoms with Crippen molar-refractivity contribution in [2.75, 3.05) is 0 Å². The van der Waals surface area contributed by atoms with Crippen LogP contribution in [0, 0.1) is 5.41 Å². The van der Waals surface area contributed by atoms with Gasteiger partial charge in [-0.1, -0.05) is 0 Å². The first-order chi connectivity index (χ1) is 12.5. The molecule has 0 unspecified atom stereocenters. The smallest absolute Gasteiger partial charge is 0.327 e. The fraction of sp³-hybridized carbons (Fsp3) is 0.353. The van der Waals surface area contributed by atoms with E-state index in [-0.39, 0.29) is 29.4 Å². The van der Waals surface area contributed by atoms with Crippen LogP contribution in [-0.4, -0.2) is 41.5 Å². The van der Waals surface area contributed by atoms with E-state index in [9.17, 15) is 9.90 Å². The lowest BCUT2D eigenvalue weighted by molar-refractivity contribution is 0.111. The summed E-state index contributed by atoms with van der Waals surface area (Å²) in [5.41, 5.74) is 7.05. The van der Waals surface area contributed by atoms with Crippen LogP contribution in [0.2, 0.25) is 0 Å². The van der Waals surface area contributed by atoms with E-state index in [1.54, 1.807) is 23.0 Å². The van der Waals surface area contributed by atoms with Crippen molar-refractivity contribution in [1.29, 1.82) is 5.41 Å². The highest BCUT2D eigenvalue weighted by molar-refractivity contribution is 6.03. The van der Waals surface area contributed by atoms with Crippen LogP contribution >= 0.6 is 0 Å². The van der Waals surface area contributed by atoms with Gasteiger partial charge in [-0.05, 0) is 37.8 Å². The van der Waals surface area contributed by atoms with Gasteiger partial charge in [0, 0.05) is 24.0 Å². The molecule has 3 aromatic heterocycles. The number of aromatic amines is 1. The number of hydrogen-bond acceptors (Lipinski definition) is 6. The highest BCUT2D eigenvalue weighted by Crippen LogP contribution is 2.30. The molecule has 0 bridgehead atoms. The van der Waals surface area contributed by atoms with E-state index in [0.717, 1.165) is 0 Å². The largest absolute Gasteiger partial charge is 0.393 e. The number of nitrogens with zero attached hydrogens (tertiary/aromatic N) is 4. The van der Waals surface area contributed by atoms with Crippen molar-refractivity contribution in [3.63, 3.8) is 0 Å². The van der Waals surface area contributed by atoms with Crippen molar-refractivity contribution < 1.29 is 5.11 Å². The normalized spacial score (nSPS) is 20.3. The fourth-order valence-corrected chi connectivity index (χ4v) is 3.48. The molecule has 134 valence electrons. The molecule has 1 aliphatic rings. The minimum atomic E-state index is -0.319. The Labute approximate surface area is 148 Å². The lowest BCUT2D eigenvalue weighted by atomic mass is 9.93. The van der Waals surface area contributed by atoms with Crippen molar-refractivity contribution in [2.24, 2.45) is 5.73 Å². The van der Waals surface area contributed by atoms with Gasteiger partial charge in [-0.2, -0.15) is 0 Å². The number of nitrogen functional groups attached to an aromatic ring is 1. The summed E-state index contributed by atoms with van der Waals surface area (Å²) in [6, 6.07) is 3.52. The van der Waals surface area contributed by atoms with Gasteiger partial charge in [0.05, 0.1) is 6.10 Å². The summed E-state index contributed by atoms with van der Waals surface area (Å²) in [5, 5.41) is 17.6. The highest BCUT2D eigenvalue weighted by atomic mass is 16.3. The zero-order valence-corrected chi connectivity index (χ0v) is 14.0. The van der Waals surface area contributed by atoms with Crippen LogP contribution in [0.25, 0.3) is 22.6 Å². The first-order valence-corrected chi connectivity index (χ1v) is 8.49. The van der Waals surface area contributed by atoms with E-state index in [1.165, 1.54) is 0 Å². The van der Waals surface area contributed by atoms with Crippen LogP contribution in [0.3, 0.4) is 0 Å². The van der Waals surface area contributed by atoms with Crippen molar-refractivity contribution >= 4 is 17.0 Å². The zero-order chi connectivity index (χ0) is 18.3. The maximum Gasteiger partial charge on any atom is 0.327 e. The monoisotopic (exact) mass is 353 g/mol. The van der Waals surface area contributed by atoms with Gasteiger partial charge in [0.25, 0.3) is 0 Å². The summed E-state index contributed by atoms with van der Waals surface area (Å²) in [7, 11) is 0. The second kappa shape index (κ2) is 6.34. The Bertz CT molecular complexity index is 1020. The molecule has 1 aliphatic carbocycles. The molecule has 0 atom stereocenters. The molecule has 3 aromatic rings. The molecule has 0 radical (unpaired) electrons. The summed E-state index contributed by atoms with van der Waals surface area (Å²) >= 11 is 0. The third-order valence-corrected chi connectivity index (χ3v) is 4.78. The average Bonchev–Trinajstić information content (AvgIpc) is 2.98. The summed E-state index contributed by atoms with van der Waals surface area (Å²) in [4.78, 5) is 28.3. The van der Waals surface area contributed by atoms with Gasteiger partial charge in [0.1, 0.15) is 17.0 Å². The Balaban J connectivity index is 1.93. The molecule has 3 heterocycles. The second-order valence-electron chi connectivity index (χ2n) is 6.51. The van der Waals surface area contributed by atoms with Crippen molar-refractivity contribution in [3.8, 4) is 11.4 Å². The van der Waals surface area contributed by atoms with E-state index in [4.69, 9.17) is 11.1 Å². The summed E-state index contributed by atoms with van der Waals surface area (Å²) in [5.74, 6) is 0.120. The summed E-state index contributed by atoms with van der Waals surface area (Å²) < 4.78 is 1.61. The molecule has 26 heavy (non-hydrogen) atoms. The maximum absolute atomic E-state index is 12.6. The molecule has 0 aromatic carbocycles. The fourth-order valence-electron chi connectivity index (χ4n) is 3.48. The molecule has 1 fully saturated rings. The van der Waals surface area contributed by atoms with Crippen molar-refractivity contribution in [1.82, 2.24) is 24.5 Å². The minimum absolute atomic E-state index is 0.0592. The number of H-pyrrole nitrogens is 1. The quantitative estimate of drug-likeness (QED) is 0.407. The number of aromatic nitrogens is 5. The number of pyridine rings is 1. The number of aliphatic hydroxyl groups excluding tert-OH is 1. The van der Waals surface area contributed by atoms with Gasteiger partial charge in [-0.15, -0.1) is 0 Å². The lowest BCUT2D eigenvalue weighted by Gasteiger charge is -2.26. The van der Waals surface area contributed by atoms with Crippen LogP contribution in [-0.2, 0) is 0 Å². The van der Waals surface area contributed by atoms with Gasteiger partial charge in [-0.3, -0.25) is 15.0 Å². The Kier molecular flexibility index (Phi) is 4.00. The second-order valence-corrected chi connectivity index (χ2v) is 6.51. The molecule has 5 N–H and O–H groups in total. The molecule has 9 nitrogen and oxygen atoms in total. The molecule has 0 aliphatic heterocycles. The van der Waals surface area contributed by atoms with Crippen LogP contribution in [0.15, 0.2) is 29.3 Å². The minimum Gasteiger partial charge on any atom is -0.393 e. The van der Waals surface area contributed by atoms with Crippen LogP contribution in [0.4, 0.5) is 0 Å². The maximum atomic E-state index is 12.6. The van der Waals surface area contributed by atoms with Crippen LogP contribution < -0.4 is 11.4 Å². The van der Waals surface area contributed by atoms with E-state index in [2.05, 4.69) is 19.9 Å². The number of fused-ring (bicyclic) bond motifs is 1. The predicted octanol–water partition coefficient (Wildman–Crippen LogP) is 0.942. The van der Waals surface area contributed by atoms with Gasteiger partial charge in [0.15, 0.2) is 11.5 Å². The molecule has 9 heteroatoms. The van der Waals surface area contributed by atoms with Crippen molar-refractivity contribution in [3.05, 3.63) is 40.7 Å². The topological polar surface area (TPSA) is 147 Å². The van der Waals surface area contributed by atoms with E-state index >= 15 is 0 Å². The zero-order valence-electron chi connectivity index (χ0n) is 14.0. The number of nitrogens with one attached hydrogen (secondary N) is 2. The third-order valence-electron chi connectivity index (χ3n) is 4.78. The van der Waals surface area contributed by atoms with Gasteiger partial charge < -0.3 is 15.8 Å². The van der Waals surface area contributed by atoms with E-state index < -0.39 is 0 Å². The molecule has 0 amide bonds. The number of hydrogen-bond donors (Lipinski definition) is 4. The highest BCUT2D eigenvalue weighted by Gasteiger charge is 2.26. The van der Waals surface area contributed by atoms with E-state index in [1.807, 2.05) is 6.07 Å². The van der Waals surface area contributed by atoms with Crippen molar-refractivity contribution in [2.45, 2.75) is 37.8 Å². The Hall–Kier alpha value is -3.07. The average molecular weight is 353 g/mol. The van der Waals surface area contributed by atoms with Gasteiger partial charge in [0.2, 0.25) is 0 Å². The molecule has 0 spiro atoms. The Morgan fingerprint density at radius 2 is 2.08 bits per heavy atom. The van der Waals surface area contributed by atoms with Gasteiger partial charge in [-0.25, -0.2) is 14.8 Å². The van der Waals surface area contributed by atoms with Crippen LogP contribution in [0.1, 0.15) is 37.4 Å². The lowest BCUT2D eigenvalue weighted by Crippen LogP contribution is -2.27. The first kappa shape index (κ1) is 16.4. The molecular weight excluding hydrogens is 334 g/mol. The number of aliphatic hydroxyl groups is 1. The number of rotatable bonds is 3. The van der Waals surface area contributed by atoms with Crippen LogP contribution in [0.5, 0.6) is 0 Å². The molecule has 0 saturated heterocycles. The van der Waals surface area contributed by atoms with Gasteiger partial charge >= 0.3 is 5.69 Å². The molecular formula is C17H19N7O2.